The van der Waals surface area contributed by atoms with Crippen molar-refractivity contribution in [2.24, 2.45) is 0 Å². The molecule has 0 nitrogen and oxygen atoms in total. The summed E-state index contributed by atoms with van der Waals surface area (Å²) in [6.45, 7) is 0. The predicted molar refractivity (Wildman–Crippen MR) is 167 cm³/mol. The van der Waals surface area contributed by atoms with Crippen molar-refractivity contribution in [3.8, 4) is 0 Å². The van der Waals surface area contributed by atoms with E-state index in [4.69, 9.17) is 0 Å². The van der Waals surface area contributed by atoms with E-state index in [0.29, 0.717) is 0 Å². The van der Waals surface area contributed by atoms with Crippen LogP contribution in [-0.2, 0) is 27.7 Å². The molecule has 6 rings (SSSR count). The minimum atomic E-state index is -6.37. The van der Waals surface area contributed by atoms with E-state index >= 15 is 0 Å². The van der Waals surface area contributed by atoms with Gasteiger partial charge >= 0.3 is 361 Å². The van der Waals surface area contributed by atoms with Gasteiger partial charge in [0.2, 0.25) is 0 Å². The van der Waals surface area contributed by atoms with E-state index in [1.807, 2.05) is 0 Å². The van der Waals surface area contributed by atoms with E-state index in [1.54, 1.807) is 0 Å². The first-order chi connectivity index (χ1) is 31.3. The summed E-state index contributed by atoms with van der Waals surface area (Å²) >= 11 is -12.7. The Balaban J connectivity index is 0.000000296. The van der Waals surface area contributed by atoms with Crippen molar-refractivity contribution in [1.82, 2.24) is 0 Å². The van der Waals surface area contributed by atoms with Crippen molar-refractivity contribution in [2.45, 2.75) is 0 Å². The molecule has 0 aromatic heterocycles. The van der Waals surface area contributed by atoms with Gasteiger partial charge in [-0.3, -0.25) is 0 Å². The molecule has 33 heteroatoms. The van der Waals surface area contributed by atoms with Crippen LogP contribution in [0.4, 0.5) is 132 Å². The van der Waals surface area contributed by atoms with Crippen LogP contribution in [0.2, 0.25) is 0 Å². The molecule has 0 N–H and O–H groups in total. The number of hydrogen-bond donors (Lipinski definition) is 0. The molecule has 0 aliphatic carbocycles. The smallest absolute Gasteiger partial charge is 0 e. The molecular weight excluding hydrogens is 1350 g/mol. The van der Waals surface area contributed by atoms with Gasteiger partial charge < -0.3 is 0 Å². The number of hydrogen-bond acceptors (Lipinski definition) is 0. The van der Waals surface area contributed by atoms with E-state index in [2.05, 4.69) is 0 Å². The molecule has 2 radical (unpaired) electrons. The van der Waals surface area contributed by atoms with Crippen molar-refractivity contribution in [3.63, 3.8) is 0 Å². The molecule has 0 atom stereocenters. The molecular formula is C36F30Ge2Hg. The first-order valence-electron chi connectivity index (χ1n) is 16.2. The van der Waals surface area contributed by atoms with Crippen molar-refractivity contribution >= 4 is 55.1 Å². The number of rotatable bonds is 6. The van der Waals surface area contributed by atoms with Crippen molar-refractivity contribution < 1.29 is 159 Å². The van der Waals surface area contributed by atoms with Gasteiger partial charge in [0.1, 0.15) is 0 Å². The van der Waals surface area contributed by atoms with Crippen molar-refractivity contribution in [3.05, 3.63) is 175 Å². The van der Waals surface area contributed by atoms with Gasteiger partial charge in [-0.15, -0.1) is 0 Å². The van der Waals surface area contributed by atoms with Crippen LogP contribution < -0.4 is 26.4 Å². The van der Waals surface area contributed by atoms with Gasteiger partial charge in [-0.05, 0) is 0 Å². The first kappa shape index (κ1) is 56.8. The van der Waals surface area contributed by atoms with E-state index in [9.17, 15) is 132 Å². The molecule has 0 amide bonds. The number of halogens is 30. The van der Waals surface area contributed by atoms with Crippen LogP contribution in [0.15, 0.2) is 0 Å². The summed E-state index contributed by atoms with van der Waals surface area (Å²) in [5.74, 6) is -88.9. The van der Waals surface area contributed by atoms with Gasteiger partial charge in [0.15, 0.2) is 0 Å². The summed E-state index contributed by atoms with van der Waals surface area (Å²) in [7, 11) is 0. The van der Waals surface area contributed by atoms with Gasteiger partial charge in [0.05, 0.1) is 0 Å². The van der Waals surface area contributed by atoms with Crippen LogP contribution in [0.25, 0.3) is 0 Å². The zero-order valence-corrected chi connectivity index (χ0v) is 40.7. The fourth-order valence-corrected chi connectivity index (χ4v) is 17.1. The summed E-state index contributed by atoms with van der Waals surface area (Å²) in [5.41, 5.74) is 0. The molecule has 0 saturated carbocycles. The normalized spacial score (nSPS) is 11.5. The maximum absolute atomic E-state index is 14.4. The van der Waals surface area contributed by atoms with Gasteiger partial charge in [-0.2, -0.15) is 0 Å². The zero-order chi connectivity index (χ0) is 51.9. The maximum Gasteiger partial charge on any atom is 0 e. The maximum atomic E-state index is 14.4. The average molecular weight is 1350 g/mol. The van der Waals surface area contributed by atoms with Crippen molar-refractivity contribution in [2.75, 3.05) is 0 Å². The Morgan fingerprint density at radius 3 is 0.246 bits per heavy atom. The third-order valence-electron chi connectivity index (χ3n) is 8.76. The monoisotopic (exact) mass is 1350 g/mol. The summed E-state index contributed by atoms with van der Waals surface area (Å²) in [4.78, 5) is 0. The molecule has 0 fully saturated rings. The molecule has 6 aromatic carbocycles. The molecule has 0 heterocycles. The van der Waals surface area contributed by atoms with Crippen LogP contribution >= 0.6 is 0 Å². The van der Waals surface area contributed by atoms with E-state index < -0.39 is 230 Å². The zero-order valence-electron chi connectivity index (χ0n) is 31.0. The fourth-order valence-electron chi connectivity index (χ4n) is 5.70. The topological polar surface area (TPSA) is 0 Å². The first-order valence-corrected chi connectivity index (χ1v) is 22.5. The summed E-state index contributed by atoms with van der Waals surface area (Å²) in [5, 5.41) is 0. The molecule has 0 spiro atoms. The van der Waals surface area contributed by atoms with Gasteiger partial charge in [0.25, 0.3) is 0 Å². The van der Waals surface area contributed by atoms with E-state index in [0.717, 1.165) is 0 Å². The van der Waals surface area contributed by atoms with Crippen molar-refractivity contribution in [1.29, 1.82) is 0 Å². The molecule has 0 bridgehead atoms. The Labute approximate surface area is 387 Å². The standard InChI is InChI=1S/2C18F15Ge.Hg/c2*19-1-4(22)10(28)16(11(29)5(1)23)34(17-12(30)6(24)2(20)7(25)13(17)31)18-14(32)8(26)3(21)9(27)15(18)33;. The summed E-state index contributed by atoms with van der Waals surface area (Å²) in [6, 6.07) is 0. The largest absolute Gasteiger partial charge is 0 e. The second-order valence-electron chi connectivity index (χ2n) is 12.4. The van der Waals surface area contributed by atoms with E-state index in [1.165, 1.54) is 0 Å². The molecule has 364 valence electrons. The average Bonchev–Trinajstić information content (AvgIpc) is 3.31. The van der Waals surface area contributed by atoms with Crippen LogP contribution in [0.1, 0.15) is 0 Å². The minimum Gasteiger partial charge on any atom is 0 e. The SMILES string of the molecule is Fc1c(F)c(F)[c]([Ge]([c]2c(F)c(F)c(F)c(F)c2F)[c]2c(F)c(F)c(F)c(F)c2F)c(F)c1F.Fc1c(F)c(F)[c]([Ge]([c]2c(F)c(F)c(F)c(F)c2F)[c]2c(F)c(F)c(F)c(F)c2F)c(F)c1F.[Hg]. The quantitative estimate of drug-likeness (QED) is 0.0680. The molecule has 69 heavy (non-hydrogen) atoms. The molecule has 0 aliphatic heterocycles. The predicted octanol–water partition coefficient (Wildman–Crippen LogP) is 8.58. The summed E-state index contributed by atoms with van der Waals surface area (Å²) < 4.78 is 403. The second-order valence-corrected chi connectivity index (χ2v) is 21.9. The third kappa shape index (κ3) is 8.90. The van der Waals surface area contributed by atoms with Crippen LogP contribution in [0, 0.1) is 175 Å². The second kappa shape index (κ2) is 20.5. The Hall–Kier alpha value is -4.76. The van der Waals surface area contributed by atoms with Crippen LogP contribution in [0.5, 0.6) is 0 Å². The molecule has 6 aromatic rings. The Morgan fingerprint density at radius 1 is 0.116 bits per heavy atom. The molecule has 0 unspecified atom stereocenters. The Kier molecular flexibility index (Phi) is 16.9. The fraction of sp³-hybridized carbons (Fsp3) is 0. The molecule has 0 saturated heterocycles. The molecule has 0 aliphatic rings. The summed E-state index contributed by atoms with van der Waals surface area (Å²) in [6.07, 6.45) is 0. The number of benzene rings is 6. The Bertz CT molecular complexity index is 2450. The van der Waals surface area contributed by atoms with E-state index in [-0.39, 0.29) is 27.7 Å². The minimum absolute atomic E-state index is 0. The van der Waals surface area contributed by atoms with Gasteiger partial charge in [-0.25, -0.2) is 0 Å². The van der Waals surface area contributed by atoms with Crippen LogP contribution in [-0.4, -0.2) is 28.7 Å². The Morgan fingerprint density at radius 2 is 0.174 bits per heavy atom. The van der Waals surface area contributed by atoms with Gasteiger partial charge in [0, 0.05) is 27.7 Å². The third-order valence-corrected chi connectivity index (χ3v) is 20.6. The van der Waals surface area contributed by atoms with Crippen LogP contribution in [0.3, 0.4) is 0 Å². The van der Waals surface area contributed by atoms with Gasteiger partial charge in [-0.1, -0.05) is 0 Å².